The first-order chi connectivity index (χ1) is 16.5. The molecule has 2 N–H and O–H groups in total. The molecule has 8 heteroatoms. The molecule has 0 aliphatic carbocycles. The van der Waals surface area contributed by atoms with E-state index in [1.54, 1.807) is 23.1 Å². The molecule has 0 radical (unpaired) electrons. The summed E-state index contributed by atoms with van der Waals surface area (Å²) in [4.78, 5) is 41.1. The van der Waals surface area contributed by atoms with E-state index in [9.17, 15) is 14.4 Å². The van der Waals surface area contributed by atoms with Crippen LogP contribution in [0.1, 0.15) is 5.56 Å². The van der Waals surface area contributed by atoms with Crippen molar-refractivity contribution in [2.75, 3.05) is 44.6 Å². The molecule has 0 unspecified atom stereocenters. The Morgan fingerprint density at radius 1 is 0.824 bits per heavy atom. The van der Waals surface area contributed by atoms with Crippen LogP contribution in [0, 0.1) is 0 Å². The molecule has 3 aromatic rings. The topological polar surface area (TPSA) is 81.8 Å². The minimum absolute atomic E-state index is 0.0312. The van der Waals surface area contributed by atoms with Gasteiger partial charge >= 0.3 is 0 Å². The van der Waals surface area contributed by atoms with Gasteiger partial charge in [-0.25, -0.2) is 0 Å². The van der Waals surface area contributed by atoms with E-state index in [-0.39, 0.29) is 37.2 Å². The van der Waals surface area contributed by atoms with Gasteiger partial charge in [0, 0.05) is 26.2 Å². The van der Waals surface area contributed by atoms with Gasteiger partial charge in [-0.1, -0.05) is 66.2 Å². The fourth-order valence-corrected chi connectivity index (χ4v) is 4.26. The van der Waals surface area contributed by atoms with Gasteiger partial charge in [0.1, 0.15) is 0 Å². The number of anilines is 1. The Balaban J connectivity index is 1.19. The average molecular weight is 479 g/mol. The van der Waals surface area contributed by atoms with E-state index in [1.807, 2.05) is 53.4 Å². The van der Waals surface area contributed by atoms with E-state index in [0.717, 1.165) is 16.3 Å². The van der Waals surface area contributed by atoms with Crippen molar-refractivity contribution in [3.8, 4) is 0 Å². The van der Waals surface area contributed by atoms with Crippen LogP contribution >= 0.6 is 11.6 Å². The quantitative estimate of drug-likeness (QED) is 0.547. The van der Waals surface area contributed by atoms with E-state index in [1.165, 1.54) is 0 Å². The van der Waals surface area contributed by atoms with Crippen LogP contribution in [0.2, 0.25) is 5.02 Å². The lowest BCUT2D eigenvalue weighted by atomic mass is 10.0. The Hall–Kier alpha value is -3.42. The second kappa shape index (κ2) is 11.1. The highest BCUT2D eigenvalue weighted by Crippen LogP contribution is 2.20. The van der Waals surface area contributed by atoms with Crippen molar-refractivity contribution in [1.29, 1.82) is 0 Å². The molecule has 3 amide bonds. The van der Waals surface area contributed by atoms with Gasteiger partial charge in [-0.05, 0) is 28.5 Å². The average Bonchev–Trinajstić information content (AvgIpc) is 2.85. The Labute approximate surface area is 203 Å². The molecule has 0 bridgehead atoms. The molecule has 34 heavy (non-hydrogen) atoms. The molecule has 3 aromatic carbocycles. The van der Waals surface area contributed by atoms with Crippen molar-refractivity contribution in [1.82, 2.24) is 15.1 Å². The van der Waals surface area contributed by atoms with Crippen molar-refractivity contribution in [2.24, 2.45) is 0 Å². The number of halogens is 1. The third-order valence-electron chi connectivity index (χ3n) is 5.91. The van der Waals surface area contributed by atoms with Gasteiger partial charge in [-0.2, -0.15) is 0 Å². The number of carbonyl (C=O) groups excluding carboxylic acids is 3. The number of nitrogens with one attached hydrogen (secondary N) is 2. The summed E-state index contributed by atoms with van der Waals surface area (Å²) in [5, 5.41) is 8.19. The maximum absolute atomic E-state index is 12.6. The summed E-state index contributed by atoms with van der Waals surface area (Å²) in [6.45, 7) is 2.40. The maximum atomic E-state index is 12.6. The zero-order chi connectivity index (χ0) is 23.9. The second-order valence-corrected chi connectivity index (χ2v) is 8.68. The second-order valence-electron chi connectivity index (χ2n) is 8.28. The number of nitrogens with zero attached hydrogens (tertiary/aromatic N) is 2. The molecule has 0 aromatic heterocycles. The van der Waals surface area contributed by atoms with Gasteiger partial charge in [0.25, 0.3) is 0 Å². The van der Waals surface area contributed by atoms with Crippen molar-refractivity contribution in [3.63, 3.8) is 0 Å². The summed E-state index contributed by atoms with van der Waals surface area (Å²) in [6.07, 6.45) is 0.225. The summed E-state index contributed by atoms with van der Waals surface area (Å²) >= 11 is 6.09. The fourth-order valence-electron chi connectivity index (χ4n) is 4.08. The molecule has 1 saturated heterocycles. The maximum Gasteiger partial charge on any atom is 0.242 e. The number of amides is 3. The summed E-state index contributed by atoms with van der Waals surface area (Å²) in [5.74, 6) is -0.445. The number of hydrogen-bond acceptors (Lipinski definition) is 4. The summed E-state index contributed by atoms with van der Waals surface area (Å²) in [7, 11) is 0. The highest BCUT2D eigenvalue weighted by Gasteiger charge is 2.23. The molecular formula is C26H27ClN4O3. The lowest BCUT2D eigenvalue weighted by Crippen LogP contribution is -2.52. The van der Waals surface area contributed by atoms with Crippen LogP contribution in [0.25, 0.3) is 10.8 Å². The Kier molecular flexibility index (Phi) is 7.77. The van der Waals surface area contributed by atoms with Crippen molar-refractivity contribution < 1.29 is 14.4 Å². The lowest BCUT2D eigenvalue weighted by Gasteiger charge is -2.34. The summed E-state index contributed by atoms with van der Waals surface area (Å²) < 4.78 is 0. The fraction of sp³-hybridized carbons (Fsp3) is 0.269. The number of benzene rings is 3. The van der Waals surface area contributed by atoms with Gasteiger partial charge in [-0.15, -0.1) is 0 Å². The van der Waals surface area contributed by atoms with Crippen molar-refractivity contribution in [2.45, 2.75) is 6.42 Å². The van der Waals surface area contributed by atoms with Crippen LogP contribution < -0.4 is 10.6 Å². The van der Waals surface area contributed by atoms with E-state index in [2.05, 4.69) is 10.6 Å². The van der Waals surface area contributed by atoms with Crippen LogP contribution in [0.3, 0.4) is 0 Å². The zero-order valence-corrected chi connectivity index (χ0v) is 19.6. The first-order valence-corrected chi connectivity index (χ1v) is 11.7. The molecule has 176 valence electrons. The van der Waals surface area contributed by atoms with Gasteiger partial charge in [-0.3, -0.25) is 19.3 Å². The predicted octanol–water partition coefficient (Wildman–Crippen LogP) is 2.93. The Bertz CT molecular complexity index is 1190. The first-order valence-electron chi connectivity index (χ1n) is 11.3. The number of fused-ring (bicyclic) bond motifs is 1. The van der Waals surface area contributed by atoms with Crippen LogP contribution in [0.15, 0.2) is 66.7 Å². The normalized spacial score (nSPS) is 14.1. The Morgan fingerprint density at radius 2 is 1.53 bits per heavy atom. The molecule has 1 heterocycles. The van der Waals surface area contributed by atoms with Crippen LogP contribution in [0.4, 0.5) is 5.69 Å². The number of piperazine rings is 1. The van der Waals surface area contributed by atoms with Crippen molar-refractivity contribution >= 4 is 45.8 Å². The smallest absolute Gasteiger partial charge is 0.242 e. The molecule has 0 spiro atoms. The highest BCUT2D eigenvalue weighted by molar-refractivity contribution is 6.33. The first kappa shape index (κ1) is 23.7. The van der Waals surface area contributed by atoms with E-state index >= 15 is 0 Å². The standard InChI is InChI=1S/C26H27ClN4O3/c27-22-10-3-4-11-23(22)29-25(33)18-30-12-14-31(15-13-30)26(34)17-28-24(32)16-20-8-5-7-19-6-1-2-9-21(19)20/h1-11H,12-18H2,(H,28,32)(H,29,33). The van der Waals surface area contributed by atoms with Crippen LogP contribution in [-0.2, 0) is 20.8 Å². The molecule has 0 atom stereocenters. The number of para-hydroxylation sites is 1. The molecule has 1 aliphatic heterocycles. The van der Waals surface area contributed by atoms with E-state index in [4.69, 9.17) is 11.6 Å². The van der Waals surface area contributed by atoms with Gasteiger partial charge in [0.15, 0.2) is 0 Å². The Morgan fingerprint density at radius 3 is 2.32 bits per heavy atom. The zero-order valence-electron chi connectivity index (χ0n) is 18.8. The third kappa shape index (κ3) is 6.12. The molecule has 1 fully saturated rings. The molecule has 0 saturated carbocycles. The monoisotopic (exact) mass is 478 g/mol. The molecule has 1 aliphatic rings. The minimum Gasteiger partial charge on any atom is -0.347 e. The SMILES string of the molecule is O=C(Cc1cccc2ccccc12)NCC(=O)N1CCN(CC(=O)Nc2ccccc2Cl)CC1. The van der Waals surface area contributed by atoms with Gasteiger partial charge in [0.05, 0.1) is 30.2 Å². The highest BCUT2D eigenvalue weighted by atomic mass is 35.5. The number of rotatable bonds is 7. The van der Waals surface area contributed by atoms with Crippen LogP contribution in [-0.4, -0.2) is 66.8 Å². The van der Waals surface area contributed by atoms with Crippen molar-refractivity contribution in [3.05, 3.63) is 77.3 Å². The van der Waals surface area contributed by atoms with Gasteiger partial charge < -0.3 is 15.5 Å². The predicted molar refractivity (Wildman–Crippen MR) is 134 cm³/mol. The minimum atomic E-state index is -0.181. The van der Waals surface area contributed by atoms with E-state index < -0.39 is 0 Å². The number of carbonyl (C=O) groups is 3. The number of hydrogen-bond donors (Lipinski definition) is 2. The summed E-state index contributed by atoms with van der Waals surface area (Å²) in [5.41, 5.74) is 1.52. The van der Waals surface area contributed by atoms with E-state index in [0.29, 0.717) is 36.9 Å². The molecule has 4 rings (SSSR count). The summed E-state index contributed by atoms with van der Waals surface area (Å²) in [6, 6.07) is 20.9. The molecule has 7 nitrogen and oxygen atoms in total. The molecular weight excluding hydrogens is 452 g/mol. The third-order valence-corrected chi connectivity index (χ3v) is 6.24. The van der Waals surface area contributed by atoms with Gasteiger partial charge in [0.2, 0.25) is 17.7 Å². The largest absolute Gasteiger partial charge is 0.347 e. The lowest BCUT2D eigenvalue weighted by molar-refractivity contribution is -0.134. The van der Waals surface area contributed by atoms with Crippen LogP contribution in [0.5, 0.6) is 0 Å².